The van der Waals surface area contributed by atoms with Crippen LogP contribution in [0.4, 0.5) is 4.79 Å². The summed E-state index contributed by atoms with van der Waals surface area (Å²) in [5.41, 5.74) is 0.892. The van der Waals surface area contributed by atoms with E-state index >= 15 is 0 Å². The Bertz CT molecular complexity index is 732. The SMILES string of the molecule is CCn1c(SC(C)C(=O)NC(=O)NC)nnc1-c1ccc(Cl)cc1. The third kappa shape index (κ3) is 4.27. The van der Waals surface area contributed by atoms with Crippen molar-refractivity contribution in [3.8, 4) is 11.4 Å². The zero-order valence-electron chi connectivity index (χ0n) is 13.5. The Labute approximate surface area is 149 Å². The van der Waals surface area contributed by atoms with E-state index in [0.717, 1.165) is 5.56 Å². The maximum Gasteiger partial charge on any atom is 0.321 e. The summed E-state index contributed by atoms with van der Waals surface area (Å²) < 4.78 is 1.91. The quantitative estimate of drug-likeness (QED) is 0.793. The Hall–Kier alpha value is -2.06. The topological polar surface area (TPSA) is 88.9 Å². The number of amides is 3. The summed E-state index contributed by atoms with van der Waals surface area (Å²) in [7, 11) is 1.45. The molecule has 24 heavy (non-hydrogen) atoms. The van der Waals surface area contributed by atoms with Crippen molar-refractivity contribution in [3.63, 3.8) is 0 Å². The molecule has 3 amide bonds. The number of nitrogens with zero attached hydrogens (tertiary/aromatic N) is 3. The number of benzene rings is 1. The van der Waals surface area contributed by atoms with Crippen LogP contribution < -0.4 is 10.6 Å². The van der Waals surface area contributed by atoms with E-state index in [1.54, 1.807) is 19.1 Å². The standard InChI is InChI=1S/C15H18ClN5O2S/c1-4-21-12(10-5-7-11(16)8-6-10)19-20-15(21)24-9(2)13(22)18-14(23)17-3/h5-9H,4H2,1-3H3,(H2,17,18,22,23). The van der Waals surface area contributed by atoms with Gasteiger partial charge in [0.05, 0.1) is 5.25 Å². The molecular formula is C15H18ClN5O2S. The van der Waals surface area contributed by atoms with E-state index in [-0.39, 0.29) is 0 Å². The highest BCUT2D eigenvalue weighted by Gasteiger charge is 2.21. The van der Waals surface area contributed by atoms with Crippen LogP contribution in [0.25, 0.3) is 11.4 Å². The molecule has 7 nitrogen and oxygen atoms in total. The van der Waals surface area contributed by atoms with Gasteiger partial charge < -0.3 is 9.88 Å². The minimum Gasteiger partial charge on any atom is -0.341 e. The second-order valence-electron chi connectivity index (χ2n) is 4.89. The van der Waals surface area contributed by atoms with Crippen molar-refractivity contribution in [3.05, 3.63) is 29.3 Å². The van der Waals surface area contributed by atoms with Crippen LogP contribution >= 0.6 is 23.4 Å². The lowest BCUT2D eigenvalue weighted by Gasteiger charge is -2.12. The normalized spacial score (nSPS) is 11.8. The fourth-order valence-corrected chi connectivity index (χ4v) is 3.00. The fraction of sp³-hybridized carbons (Fsp3) is 0.333. The number of carbonyl (C=O) groups excluding carboxylic acids is 2. The monoisotopic (exact) mass is 367 g/mol. The maximum absolute atomic E-state index is 12.0. The number of urea groups is 1. The zero-order chi connectivity index (χ0) is 17.7. The molecule has 128 valence electrons. The van der Waals surface area contributed by atoms with Crippen LogP contribution in [0.15, 0.2) is 29.4 Å². The first-order valence-corrected chi connectivity index (χ1v) is 8.60. The summed E-state index contributed by atoms with van der Waals surface area (Å²) in [4.78, 5) is 23.2. The van der Waals surface area contributed by atoms with Gasteiger partial charge in [0, 0.05) is 24.2 Å². The summed E-state index contributed by atoms with van der Waals surface area (Å²) >= 11 is 7.16. The van der Waals surface area contributed by atoms with E-state index < -0.39 is 17.2 Å². The third-order valence-electron chi connectivity index (χ3n) is 3.25. The number of nitrogens with one attached hydrogen (secondary N) is 2. The second kappa shape index (κ2) is 8.16. The minimum atomic E-state index is -0.536. The van der Waals surface area contributed by atoms with E-state index in [9.17, 15) is 9.59 Å². The molecule has 1 atom stereocenters. The van der Waals surface area contributed by atoms with Gasteiger partial charge >= 0.3 is 6.03 Å². The van der Waals surface area contributed by atoms with Crippen molar-refractivity contribution in [1.29, 1.82) is 0 Å². The van der Waals surface area contributed by atoms with E-state index in [2.05, 4.69) is 20.8 Å². The van der Waals surface area contributed by atoms with Gasteiger partial charge in [-0.05, 0) is 38.1 Å². The smallest absolute Gasteiger partial charge is 0.321 e. The number of halogens is 1. The molecule has 2 rings (SSSR count). The van der Waals surface area contributed by atoms with Crippen LogP contribution in [0.2, 0.25) is 5.02 Å². The van der Waals surface area contributed by atoms with Crippen LogP contribution in [0, 0.1) is 0 Å². The molecule has 1 unspecified atom stereocenters. The first kappa shape index (κ1) is 18.3. The first-order valence-electron chi connectivity index (χ1n) is 7.34. The lowest BCUT2D eigenvalue weighted by atomic mass is 10.2. The summed E-state index contributed by atoms with van der Waals surface area (Å²) in [6, 6.07) is 6.78. The summed E-state index contributed by atoms with van der Waals surface area (Å²) in [6.07, 6.45) is 0. The number of carbonyl (C=O) groups is 2. The van der Waals surface area contributed by atoms with Gasteiger partial charge in [0.2, 0.25) is 5.91 Å². The minimum absolute atomic E-state index is 0.391. The maximum atomic E-state index is 12.0. The molecule has 0 bridgehead atoms. The predicted octanol–water partition coefficient (Wildman–Crippen LogP) is 2.55. The highest BCUT2D eigenvalue weighted by Crippen LogP contribution is 2.27. The van der Waals surface area contributed by atoms with E-state index in [1.807, 2.05) is 23.6 Å². The van der Waals surface area contributed by atoms with Gasteiger partial charge in [-0.3, -0.25) is 10.1 Å². The molecule has 2 aromatic rings. The van der Waals surface area contributed by atoms with Crippen LogP contribution in [-0.4, -0.2) is 39.0 Å². The number of hydrogen-bond acceptors (Lipinski definition) is 5. The van der Waals surface area contributed by atoms with Crippen molar-refractivity contribution >= 4 is 35.3 Å². The second-order valence-corrected chi connectivity index (χ2v) is 6.63. The summed E-state index contributed by atoms with van der Waals surface area (Å²) in [5.74, 6) is 0.314. The predicted molar refractivity (Wildman–Crippen MR) is 94.1 cm³/mol. The molecule has 0 spiro atoms. The van der Waals surface area contributed by atoms with Crippen molar-refractivity contribution in [2.24, 2.45) is 0 Å². The molecule has 2 N–H and O–H groups in total. The van der Waals surface area contributed by atoms with Gasteiger partial charge in [0.15, 0.2) is 11.0 Å². The Morgan fingerprint density at radius 2 is 1.96 bits per heavy atom. The Morgan fingerprint density at radius 3 is 2.54 bits per heavy atom. The molecule has 0 fully saturated rings. The number of hydrogen-bond donors (Lipinski definition) is 2. The molecule has 9 heteroatoms. The lowest BCUT2D eigenvalue weighted by Crippen LogP contribution is -2.41. The average molecular weight is 368 g/mol. The Balaban J connectivity index is 2.18. The average Bonchev–Trinajstić information content (AvgIpc) is 2.97. The molecule has 1 aromatic heterocycles. The molecule has 1 aromatic carbocycles. The molecule has 1 heterocycles. The molecule has 0 aliphatic carbocycles. The van der Waals surface area contributed by atoms with Crippen molar-refractivity contribution in [2.75, 3.05) is 7.05 Å². The van der Waals surface area contributed by atoms with Crippen LogP contribution in [-0.2, 0) is 11.3 Å². The Morgan fingerprint density at radius 1 is 1.29 bits per heavy atom. The molecule has 0 aliphatic heterocycles. The third-order valence-corrected chi connectivity index (χ3v) is 4.58. The van der Waals surface area contributed by atoms with Gasteiger partial charge in [-0.1, -0.05) is 23.4 Å². The first-order chi connectivity index (χ1) is 11.5. The number of thioether (sulfide) groups is 1. The molecule has 0 saturated heterocycles. The van der Waals surface area contributed by atoms with Crippen molar-refractivity contribution in [1.82, 2.24) is 25.4 Å². The molecule has 0 radical (unpaired) electrons. The van der Waals surface area contributed by atoms with Crippen LogP contribution in [0.1, 0.15) is 13.8 Å². The van der Waals surface area contributed by atoms with Gasteiger partial charge in [0.1, 0.15) is 0 Å². The van der Waals surface area contributed by atoms with Gasteiger partial charge in [-0.2, -0.15) is 0 Å². The van der Waals surface area contributed by atoms with Gasteiger partial charge in [0.25, 0.3) is 0 Å². The van der Waals surface area contributed by atoms with Crippen LogP contribution in [0.5, 0.6) is 0 Å². The number of aromatic nitrogens is 3. The summed E-state index contributed by atoms with van der Waals surface area (Å²) in [6.45, 7) is 4.33. The molecule has 0 aliphatic rings. The summed E-state index contributed by atoms with van der Waals surface area (Å²) in [5, 5.41) is 13.7. The van der Waals surface area contributed by atoms with E-state index in [1.165, 1.54) is 18.8 Å². The van der Waals surface area contributed by atoms with E-state index in [4.69, 9.17) is 11.6 Å². The zero-order valence-corrected chi connectivity index (χ0v) is 15.1. The fourth-order valence-electron chi connectivity index (χ4n) is 1.96. The Kier molecular flexibility index (Phi) is 6.22. The van der Waals surface area contributed by atoms with Gasteiger partial charge in [-0.25, -0.2) is 4.79 Å². The van der Waals surface area contributed by atoms with Crippen molar-refractivity contribution in [2.45, 2.75) is 30.8 Å². The molecule has 0 saturated carbocycles. The lowest BCUT2D eigenvalue weighted by molar-refractivity contribution is -0.119. The van der Waals surface area contributed by atoms with Crippen LogP contribution in [0.3, 0.4) is 0 Å². The highest BCUT2D eigenvalue weighted by molar-refractivity contribution is 8.00. The largest absolute Gasteiger partial charge is 0.341 e. The molecular weight excluding hydrogens is 350 g/mol. The van der Waals surface area contributed by atoms with Gasteiger partial charge in [-0.15, -0.1) is 10.2 Å². The highest BCUT2D eigenvalue weighted by atomic mass is 35.5. The number of imide groups is 1. The number of rotatable bonds is 5. The van der Waals surface area contributed by atoms with Crippen molar-refractivity contribution < 1.29 is 9.59 Å². The van der Waals surface area contributed by atoms with E-state index in [0.29, 0.717) is 22.5 Å².